The molecule has 1 heterocycles. The van der Waals surface area contributed by atoms with Crippen LogP contribution in [0.4, 0.5) is 0 Å². The van der Waals surface area contributed by atoms with Gasteiger partial charge in [-0.3, -0.25) is 4.79 Å². The SMILES string of the molecule is O=C1C2C=CC=CC1C1CC2C2OC12. The highest BCUT2D eigenvalue weighted by Crippen LogP contribution is 2.57. The van der Waals surface area contributed by atoms with E-state index in [1.54, 1.807) is 0 Å². The molecule has 1 aliphatic heterocycles. The summed E-state index contributed by atoms with van der Waals surface area (Å²) in [7, 11) is 0. The number of allylic oxidation sites excluding steroid dienone is 4. The fraction of sp³-hybridized carbons (Fsp3) is 0.583. The Balaban J connectivity index is 1.87. The average molecular weight is 188 g/mol. The molecule has 4 bridgehead atoms. The van der Waals surface area contributed by atoms with Crippen molar-refractivity contribution in [1.29, 1.82) is 0 Å². The first-order chi connectivity index (χ1) is 6.86. The maximum absolute atomic E-state index is 12.1. The van der Waals surface area contributed by atoms with Crippen molar-refractivity contribution in [2.45, 2.75) is 18.6 Å². The lowest BCUT2D eigenvalue weighted by molar-refractivity contribution is -0.130. The minimum Gasteiger partial charge on any atom is -0.369 e. The van der Waals surface area contributed by atoms with Gasteiger partial charge in [-0.2, -0.15) is 0 Å². The predicted molar refractivity (Wildman–Crippen MR) is 50.5 cm³/mol. The molecule has 0 aromatic heterocycles. The minimum atomic E-state index is 0.142. The Morgan fingerprint density at radius 3 is 2.21 bits per heavy atom. The van der Waals surface area contributed by atoms with Crippen LogP contribution in [0, 0.1) is 23.7 Å². The number of epoxide rings is 1. The van der Waals surface area contributed by atoms with Crippen LogP contribution in [0.2, 0.25) is 0 Å². The number of rotatable bonds is 0. The van der Waals surface area contributed by atoms with E-state index in [9.17, 15) is 4.79 Å². The second-order valence-corrected chi connectivity index (χ2v) is 4.85. The van der Waals surface area contributed by atoms with Gasteiger partial charge in [0, 0.05) is 23.7 Å². The Hall–Kier alpha value is -0.890. The third-order valence-corrected chi connectivity index (χ3v) is 4.28. The van der Waals surface area contributed by atoms with Crippen molar-refractivity contribution in [2.24, 2.45) is 23.7 Å². The largest absolute Gasteiger partial charge is 0.369 e. The number of ketones is 1. The van der Waals surface area contributed by atoms with E-state index in [2.05, 4.69) is 12.2 Å². The second-order valence-electron chi connectivity index (χ2n) is 4.85. The van der Waals surface area contributed by atoms with Crippen molar-refractivity contribution in [2.75, 3.05) is 0 Å². The number of ether oxygens (including phenoxy) is 1. The Bertz CT molecular complexity index is 337. The highest BCUT2D eigenvalue weighted by atomic mass is 16.6. The molecule has 0 radical (unpaired) electrons. The van der Waals surface area contributed by atoms with Crippen LogP contribution >= 0.6 is 0 Å². The van der Waals surface area contributed by atoms with Gasteiger partial charge in [0.1, 0.15) is 5.78 Å². The van der Waals surface area contributed by atoms with Gasteiger partial charge >= 0.3 is 0 Å². The molecule has 4 rings (SSSR count). The molecule has 72 valence electrons. The summed E-state index contributed by atoms with van der Waals surface area (Å²) >= 11 is 0. The van der Waals surface area contributed by atoms with Gasteiger partial charge in [-0.25, -0.2) is 0 Å². The van der Waals surface area contributed by atoms with Crippen LogP contribution in [-0.4, -0.2) is 18.0 Å². The molecule has 6 atom stereocenters. The number of hydrogen-bond donors (Lipinski definition) is 0. The Kier molecular flexibility index (Phi) is 1.16. The number of fused-ring (bicyclic) bond motifs is 9. The van der Waals surface area contributed by atoms with E-state index >= 15 is 0 Å². The van der Waals surface area contributed by atoms with Crippen LogP contribution in [0.1, 0.15) is 6.42 Å². The number of carbonyl (C=O) groups excluding carboxylic acids is 1. The number of hydrogen-bond acceptors (Lipinski definition) is 2. The fourth-order valence-corrected chi connectivity index (χ4v) is 3.60. The molecule has 2 heteroatoms. The van der Waals surface area contributed by atoms with E-state index in [4.69, 9.17) is 4.74 Å². The summed E-state index contributed by atoms with van der Waals surface area (Å²) in [5.74, 6) is 1.70. The quantitative estimate of drug-likeness (QED) is 0.537. The molecule has 0 spiro atoms. The number of Topliss-reactive ketones (excluding diaryl/α,β-unsaturated/α-hetero) is 1. The van der Waals surface area contributed by atoms with Gasteiger partial charge in [0.25, 0.3) is 0 Å². The lowest BCUT2D eigenvalue weighted by Crippen LogP contribution is -2.37. The average Bonchev–Trinajstić information content (AvgIpc) is 2.93. The van der Waals surface area contributed by atoms with Crippen molar-refractivity contribution in [1.82, 2.24) is 0 Å². The molecule has 2 nitrogen and oxygen atoms in total. The summed E-state index contributed by atoms with van der Waals surface area (Å²) in [5.41, 5.74) is 0. The van der Waals surface area contributed by atoms with Gasteiger partial charge < -0.3 is 4.74 Å². The third-order valence-electron chi connectivity index (χ3n) is 4.28. The molecular formula is C12H12O2. The molecule has 6 unspecified atom stereocenters. The summed E-state index contributed by atoms with van der Waals surface area (Å²) in [6.07, 6.45) is 10.2. The smallest absolute Gasteiger partial charge is 0.147 e. The zero-order valence-corrected chi connectivity index (χ0v) is 7.80. The van der Waals surface area contributed by atoms with Crippen LogP contribution in [-0.2, 0) is 9.53 Å². The molecule has 0 aromatic rings. The van der Waals surface area contributed by atoms with Crippen molar-refractivity contribution in [3.8, 4) is 0 Å². The van der Waals surface area contributed by atoms with Gasteiger partial charge in [0.2, 0.25) is 0 Å². The minimum absolute atomic E-state index is 0.142. The molecule has 4 aliphatic rings. The standard InChI is InChI=1S/C12H12O2/c13-10-6-3-1-2-4-7(10)9-5-8(6)11-12(9)14-11/h1-4,6-9,11-12H,5H2. The van der Waals surface area contributed by atoms with Crippen LogP contribution in [0.15, 0.2) is 24.3 Å². The van der Waals surface area contributed by atoms with E-state index in [0.717, 1.165) is 0 Å². The molecule has 0 aromatic carbocycles. The monoisotopic (exact) mass is 188 g/mol. The number of carbonyl (C=O) groups is 1. The topological polar surface area (TPSA) is 29.6 Å². The lowest BCUT2D eigenvalue weighted by Gasteiger charge is -2.32. The van der Waals surface area contributed by atoms with Crippen LogP contribution in [0.25, 0.3) is 0 Å². The maximum Gasteiger partial charge on any atom is 0.147 e. The van der Waals surface area contributed by atoms with E-state index in [-0.39, 0.29) is 11.8 Å². The van der Waals surface area contributed by atoms with Gasteiger partial charge in [-0.05, 0) is 6.42 Å². The Morgan fingerprint density at radius 2 is 1.64 bits per heavy atom. The third kappa shape index (κ3) is 0.706. The van der Waals surface area contributed by atoms with Crippen molar-refractivity contribution < 1.29 is 9.53 Å². The molecular weight excluding hydrogens is 176 g/mol. The molecule has 2 saturated carbocycles. The van der Waals surface area contributed by atoms with E-state index < -0.39 is 0 Å². The Labute approximate surface area is 82.6 Å². The van der Waals surface area contributed by atoms with Crippen LogP contribution in [0.3, 0.4) is 0 Å². The van der Waals surface area contributed by atoms with E-state index in [0.29, 0.717) is 29.8 Å². The first-order valence-corrected chi connectivity index (χ1v) is 5.40. The van der Waals surface area contributed by atoms with Crippen LogP contribution in [0.5, 0.6) is 0 Å². The zero-order chi connectivity index (χ0) is 9.28. The summed E-state index contributed by atoms with van der Waals surface area (Å²) in [6, 6.07) is 0. The first-order valence-electron chi connectivity index (χ1n) is 5.40. The van der Waals surface area contributed by atoms with Crippen molar-refractivity contribution in [3.05, 3.63) is 24.3 Å². The van der Waals surface area contributed by atoms with Crippen molar-refractivity contribution in [3.63, 3.8) is 0 Å². The second kappa shape index (κ2) is 2.19. The maximum atomic E-state index is 12.1. The summed E-state index contributed by atoms with van der Waals surface area (Å²) in [4.78, 5) is 12.1. The molecule has 3 fully saturated rings. The van der Waals surface area contributed by atoms with E-state index in [1.807, 2.05) is 12.2 Å². The first kappa shape index (κ1) is 7.41. The molecule has 1 saturated heterocycles. The normalized spacial score (nSPS) is 57.0. The Morgan fingerprint density at radius 1 is 1.07 bits per heavy atom. The van der Waals surface area contributed by atoms with Crippen LogP contribution < -0.4 is 0 Å². The van der Waals surface area contributed by atoms with Crippen molar-refractivity contribution >= 4 is 5.78 Å². The molecule has 0 amide bonds. The highest BCUT2D eigenvalue weighted by molar-refractivity contribution is 5.89. The van der Waals surface area contributed by atoms with E-state index in [1.165, 1.54) is 6.42 Å². The molecule has 0 N–H and O–H groups in total. The van der Waals surface area contributed by atoms with Gasteiger partial charge in [0.05, 0.1) is 12.2 Å². The molecule has 3 aliphatic carbocycles. The predicted octanol–water partition coefficient (Wildman–Crippen LogP) is 1.33. The molecule has 14 heavy (non-hydrogen) atoms. The van der Waals surface area contributed by atoms with Gasteiger partial charge in [-0.15, -0.1) is 0 Å². The summed E-state index contributed by atoms with van der Waals surface area (Å²) in [5, 5.41) is 0. The zero-order valence-electron chi connectivity index (χ0n) is 7.80. The summed E-state index contributed by atoms with van der Waals surface area (Å²) in [6.45, 7) is 0. The van der Waals surface area contributed by atoms with Gasteiger partial charge in [-0.1, -0.05) is 24.3 Å². The fourth-order valence-electron chi connectivity index (χ4n) is 3.60. The lowest BCUT2D eigenvalue weighted by atomic mass is 9.72. The highest BCUT2D eigenvalue weighted by Gasteiger charge is 2.64. The summed E-state index contributed by atoms with van der Waals surface area (Å²) < 4.78 is 5.64. The van der Waals surface area contributed by atoms with Gasteiger partial charge in [0.15, 0.2) is 0 Å².